The van der Waals surface area contributed by atoms with Crippen molar-refractivity contribution in [3.05, 3.63) is 65.2 Å². The van der Waals surface area contributed by atoms with Crippen molar-refractivity contribution in [2.75, 3.05) is 11.5 Å². The summed E-state index contributed by atoms with van der Waals surface area (Å²) in [7, 11) is -2.92. The summed E-state index contributed by atoms with van der Waals surface area (Å²) in [5, 5.41) is 2.97. The van der Waals surface area contributed by atoms with Crippen molar-refractivity contribution in [2.24, 2.45) is 0 Å². The second-order valence-electron chi connectivity index (χ2n) is 6.31. The molecule has 1 amide bonds. The van der Waals surface area contributed by atoms with Gasteiger partial charge in [-0.05, 0) is 31.0 Å². The third kappa shape index (κ3) is 4.86. The van der Waals surface area contributed by atoms with Crippen LogP contribution in [-0.4, -0.2) is 31.1 Å². The van der Waals surface area contributed by atoms with E-state index in [1.54, 1.807) is 6.07 Å². The van der Waals surface area contributed by atoms with Crippen LogP contribution in [0, 0.1) is 6.92 Å². The molecule has 3 rings (SSSR count). The Labute approximate surface area is 152 Å². The normalized spacial score (nSPS) is 18.8. The van der Waals surface area contributed by atoms with Crippen LogP contribution in [0.15, 0.2) is 53.4 Å². The summed E-state index contributed by atoms with van der Waals surface area (Å²) in [4.78, 5) is 13.4. The molecule has 1 saturated heterocycles. The number of hydrogen-bond donors (Lipinski definition) is 1. The molecule has 132 valence electrons. The van der Waals surface area contributed by atoms with Gasteiger partial charge in [-0.2, -0.15) is 0 Å². The summed E-state index contributed by atoms with van der Waals surface area (Å²) in [5.41, 5.74) is 2.83. The first-order valence-electron chi connectivity index (χ1n) is 8.23. The predicted molar refractivity (Wildman–Crippen MR) is 102 cm³/mol. The Morgan fingerprint density at radius 2 is 1.88 bits per heavy atom. The van der Waals surface area contributed by atoms with Gasteiger partial charge < -0.3 is 5.32 Å². The lowest BCUT2D eigenvalue weighted by molar-refractivity contribution is 0.0948. The van der Waals surface area contributed by atoms with E-state index >= 15 is 0 Å². The van der Waals surface area contributed by atoms with Crippen molar-refractivity contribution in [1.82, 2.24) is 5.32 Å². The average molecular weight is 376 g/mol. The Hall–Kier alpha value is -1.79. The topological polar surface area (TPSA) is 63.2 Å². The third-order valence-electron chi connectivity index (χ3n) is 4.19. The molecule has 1 aliphatic rings. The Bertz CT molecular complexity index is 860. The minimum absolute atomic E-state index is 0.0241. The highest BCUT2D eigenvalue weighted by Crippen LogP contribution is 2.33. The van der Waals surface area contributed by atoms with E-state index in [4.69, 9.17) is 0 Å². The van der Waals surface area contributed by atoms with Crippen LogP contribution in [0.25, 0.3) is 0 Å². The standard InChI is InChI=1S/C19H21NO3S2/c1-14-6-8-15(9-7-14)12-20-19(21)17-4-2-3-5-18(17)24-16-10-11-25(22,23)13-16/h2-9,16H,10-13H2,1H3,(H,20,21)/t16-/m1/s1. The predicted octanol–water partition coefficient (Wildman–Crippen LogP) is 3.20. The number of amides is 1. The first-order chi connectivity index (χ1) is 11.9. The lowest BCUT2D eigenvalue weighted by Gasteiger charge is -2.13. The van der Waals surface area contributed by atoms with Gasteiger partial charge in [0.25, 0.3) is 5.91 Å². The van der Waals surface area contributed by atoms with Crippen molar-refractivity contribution in [1.29, 1.82) is 0 Å². The molecule has 2 aromatic rings. The van der Waals surface area contributed by atoms with Gasteiger partial charge in [0, 0.05) is 16.7 Å². The lowest BCUT2D eigenvalue weighted by Crippen LogP contribution is -2.23. The van der Waals surface area contributed by atoms with E-state index in [1.807, 2.05) is 49.4 Å². The fraction of sp³-hybridized carbons (Fsp3) is 0.316. The molecule has 0 aromatic heterocycles. The van der Waals surface area contributed by atoms with Gasteiger partial charge >= 0.3 is 0 Å². The summed E-state index contributed by atoms with van der Waals surface area (Å²) in [6.45, 7) is 2.50. The molecule has 25 heavy (non-hydrogen) atoms. The minimum Gasteiger partial charge on any atom is -0.348 e. The summed E-state index contributed by atoms with van der Waals surface area (Å²) >= 11 is 1.49. The highest BCUT2D eigenvalue weighted by Gasteiger charge is 2.29. The fourth-order valence-electron chi connectivity index (χ4n) is 2.77. The van der Waals surface area contributed by atoms with Gasteiger partial charge in [-0.15, -0.1) is 11.8 Å². The van der Waals surface area contributed by atoms with Gasteiger partial charge in [0.1, 0.15) is 0 Å². The highest BCUT2D eigenvalue weighted by molar-refractivity contribution is 8.02. The van der Waals surface area contributed by atoms with E-state index < -0.39 is 9.84 Å². The zero-order valence-corrected chi connectivity index (χ0v) is 15.7. The summed E-state index contributed by atoms with van der Waals surface area (Å²) < 4.78 is 23.3. The molecule has 0 spiro atoms. The van der Waals surface area contributed by atoms with Crippen LogP contribution in [0.1, 0.15) is 27.9 Å². The van der Waals surface area contributed by atoms with E-state index in [1.165, 1.54) is 17.3 Å². The number of nitrogens with one attached hydrogen (secondary N) is 1. The molecule has 0 bridgehead atoms. The lowest BCUT2D eigenvalue weighted by atomic mass is 10.1. The van der Waals surface area contributed by atoms with Gasteiger partial charge in [0.05, 0.1) is 17.1 Å². The molecule has 0 unspecified atom stereocenters. The number of thioether (sulfide) groups is 1. The van der Waals surface area contributed by atoms with E-state index in [0.717, 1.165) is 10.5 Å². The Morgan fingerprint density at radius 1 is 1.16 bits per heavy atom. The monoisotopic (exact) mass is 375 g/mol. The SMILES string of the molecule is Cc1ccc(CNC(=O)c2ccccc2S[C@@H]2CCS(=O)(=O)C2)cc1. The second kappa shape index (κ2) is 7.62. The van der Waals surface area contributed by atoms with Gasteiger partial charge in [-0.3, -0.25) is 4.79 Å². The van der Waals surface area contributed by atoms with Crippen molar-refractivity contribution >= 4 is 27.5 Å². The van der Waals surface area contributed by atoms with E-state index in [0.29, 0.717) is 18.5 Å². The Morgan fingerprint density at radius 3 is 2.56 bits per heavy atom. The van der Waals surface area contributed by atoms with E-state index in [-0.39, 0.29) is 22.7 Å². The largest absolute Gasteiger partial charge is 0.348 e. The molecule has 2 aromatic carbocycles. The number of hydrogen-bond acceptors (Lipinski definition) is 4. The van der Waals surface area contributed by atoms with Crippen LogP contribution in [-0.2, 0) is 16.4 Å². The number of aryl methyl sites for hydroxylation is 1. The molecule has 1 aliphatic heterocycles. The van der Waals surface area contributed by atoms with Crippen LogP contribution in [0.3, 0.4) is 0 Å². The molecule has 1 fully saturated rings. The van der Waals surface area contributed by atoms with E-state index in [9.17, 15) is 13.2 Å². The van der Waals surface area contributed by atoms with Gasteiger partial charge in [-0.25, -0.2) is 8.42 Å². The number of carbonyl (C=O) groups excluding carboxylic acids is 1. The molecule has 0 radical (unpaired) electrons. The molecule has 4 nitrogen and oxygen atoms in total. The highest BCUT2D eigenvalue weighted by atomic mass is 32.2. The first kappa shape index (κ1) is 18.0. The summed E-state index contributed by atoms with van der Waals surface area (Å²) in [6, 6.07) is 15.4. The van der Waals surface area contributed by atoms with Crippen LogP contribution in [0.5, 0.6) is 0 Å². The van der Waals surface area contributed by atoms with Gasteiger partial charge in [-0.1, -0.05) is 42.0 Å². The molecule has 0 aliphatic carbocycles. The number of rotatable bonds is 5. The maximum Gasteiger partial charge on any atom is 0.252 e. The van der Waals surface area contributed by atoms with Crippen molar-refractivity contribution < 1.29 is 13.2 Å². The van der Waals surface area contributed by atoms with Crippen molar-refractivity contribution in [3.8, 4) is 0 Å². The average Bonchev–Trinajstić information content (AvgIpc) is 2.93. The van der Waals surface area contributed by atoms with Crippen LogP contribution in [0.4, 0.5) is 0 Å². The summed E-state index contributed by atoms with van der Waals surface area (Å²) in [5.74, 6) is 0.299. The molecular formula is C19H21NO3S2. The molecule has 1 N–H and O–H groups in total. The molecule has 6 heteroatoms. The fourth-order valence-corrected chi connectivity index (χ4v) is 6.40. The van der Waals surface area contributed by atoms with E-state index in [2.05, 4.69) is 5.32 Å². The summed E-state index contributed by atoms with van der Waals surface area (Å²) in [6.07, 6.45) is 0.645. The molecule has 1 heterocycles. The molecule has 1 atom stereocenters. The van der Waals surface area contributed by atoms with Crippen LogP contribution < -0.4 is 5.32 Å². The van der Waals surface area contributed by atoms with Gasteiger partial charge in [0.15, 0.2) is 9.84 Å². The van der Waals surface area contributed by atoms with Gasteiger partial charge in [0.2, 0.25) is 0 Å². The Kier molecular flexibility index (Phi) is 5.49. The van der Waals surface area contributed by atoms with Crippen LogP contribution >= 0.6 is 11.8 Å². The zero-order chi connectivity index (χ0) is 17.9. The molecule has 0 saturated carbocycles. The first-order valence-corrected chi connectivity index (χ1v) is 10.9. The quantitative estimate of drug-likeness (QED) is 0.872. The minimum atomic E-state index is -2.92. The van der Waals surface area contributed by atoms with Crippen molar-refractivity contribution in [2.45, 2.75) is 30.0 Å². The number of benzene rings is 2. The Balaban J connectivity index is 1.67. The second-order valence-corrected chi connectivity index (χ2v) is 9.88. The third-order valence-corrected chi connectivity index (χ3v) is 7.51. The maximum atomic E-state index is 12.6. The number of carbonyl (C=O) groups is 1. The molecular weight excluding hydrogens is 354 g/mol. The number of sulfone groups is 1. The zero-order valence-electron chi connectivity index (χ0n) is 14.1. The van der Waals surface area contributed by atoms with Crippen LogP contribution in [0.2, 0.25) is 0 Å². The smallest absolute Gasteiger partial charge is 0.252 e. The van der Waals surface area contributed by atoms with Crippen molar-refractivity contribution in [3.63, 3.8) is 0 Å². The maximum absolute atomic E-state index is 12.6.